The molecule has 0 aliphatic carbocycles. The summed E-state index contributed by atoms with van der Waals surface area (Å²) < 4.78 is 1.06. The van der Waals surface area contributed by atoms with E-state index < -0.39 is 0 Å². The second-order valence-corrected chi connectivity index (χ2v) is 7.93. The van der Waals surface area contributed by atoms with E-state index in [-0.39, 0.29) is 18.0 Å². The summed E-state index contributed by atoms with van der Waals surface area (Å²) in [5.74, 6) is 0.351. The van der Waals surface area contributed by atoms with Gasteiger partial charge in [-0.1, -0.05) is 42.5 Å². The van der Waals surface area contributed by atoms with E-state index in [0.717, 1.165) is 9.13 Å². The maximum Gasteiger partial charge on any atom is 0.258 e. The first-order valence-electron chi connectivity index (χ1n) is 9.17. The van der Waals surface area contributed by atoms with E-state index >= 15 is 0 Å². The molecule has 1 N–H and O–H groups in total. The van der Waals surface area contributed by atoms with Crippen LogP contribution in [0.15, 0.2) is 83.7 Å². The van der Waals surface area contributed by atoms with Crippen molar-refractivity contribution in [1.29, 1.82) is 0 Å². The van der Waals surface area contributed by atoms with Crippen molar-refractivity contribution < 1.29 is 4.79 Å². The molecule has 0 aliphatic heterocycles. The lowest BCUT2D eigenvalue weighted by Crippen LogP contribution is -2.31. The van der Waals surface area contributed by atoms with Crippen molar-refractivity contribution in [2.24, 2.45) is 0 Å². The Morgan fingerprint density at radius 1 is 0.897 bits per heavy atom. The summed E-state index contributed by atoms with van der Waals surface area (Å²) in [6.07, 6.45) is 0. The van der Waals surface area contributed by atoms with Crippen molar-refractivity contribution in [3.8, 4) is 0 Å². The van der Waals surface area contributed by atoms with Gasteiger partial charge in [0, 0.05) is 15.7 Å². The first-order valence-corrected chi connectivity index (χ1v) is 10.2. The molecule has 0 saturated carbocycles. The zero-order valence-electron chi connectivity index (χ0n) is 15.5. The first kappa shape index (κ1) is 19.3. The molecular formula is C23H18IN3O2. The second-order valence-electron chi connectivity index (χ2n) is 6.68. The molecule has 0 bridgehead atoms. The summed E-state index contributed by atoms with van der Waals surface area (Å²) >= 11 is 2.21. The van der Waals surface area contributed by atoms with Crippen molar-refractivity contribution >= 4 is 39.4 Å². The Bertz CT molecular complexity index is 1200. The number of benzene rings is 3. The third kappa shape index (κ3) is 4.54. The van der Waals surface area contributed by atoms with Crippen molar-refractivity contribution in [3.05, 3.63) is 110 Å². The quantitative estimate of drug-likeness (QED) is 0.419. The first-order chi connectivity index (χ1) is 14.1. The van der Waals surface area contributed by atoms with Crippen molar-refractivity contribution in [2.75, 3.05) is 0 Å². The van der Waals surface area contributed by atoms with E-state index in [2.05, 4.69) is 32.6 Å². The zero-order chi connectivity index (χ0) is 20.2. The van der Waals surface area contributed by atoms with Gasteiger partial charge in [-0.2, -0.15) is 0 Å². The smallest absolute Gasteiger partial charge is 0.258 e. The number of rotatable bonds is 5. The number of hydrogen-bond donors (Lipinski definition) is 1. The highest BCUT2D eigenvalue weighted by molar-refractivity contribution is 14.1. The van der Waals surface area contributed by atoms with Crippen LogP contribution < -0.4 is 5.56 Å². The minimum Gasteiger partial charge on any atom is -0.327 e. The lowest BCUT2D eigenvalue weighted by Gasteiger charge is -2.22. The molecule has 0 fully saturated rings. The van der Waals surface area contributed by atoms with Crippen LogP contribution >= 0.6 is 22.6 Å². The van der Waals surface area contributed by atoms with E-state index in [9.17, 15) is 9.59 Å². The number of nitrogens with zero attached hydrogens (tertiary/aromatic N) is 2. The van der Waals surface area contributed by atoms with E-state index in [0.29, 0.717) is 28.8 Å². The normalized spacial score (nSPS) is 10.8. The summed E-state index contributed by atoms with van der Waals surface area (Å²) in [4.78, 5) is 34.7. The minimum atomic E-state index is -0.202. The van der Waals surface area contributed by atoms with Crippen LogP contribution in [0.3, 0.4) is 0 Å². The maximum atomic E-state index is 13.2. The molecule has 0 aliphatic rings. The van der Waals surface area contributed by atoms with Gasteiger partial charge in [0.15, 0.2) is 0 Å². The van der Waals surface area contributed by atoms with Crippen LogP contribution in [0, 0.1) is 3.57 Å². The Balaban J connectivity index is 1.69. The highest BCUT2D eigenvalue weighted by atomic mass is 127. The van der Waals surface area contributed by atoms with E-state index in [1.165, 1.54) is 0 Å². The number of carbonyl (C=O) groups is 1. The Morgan fingerprint density at radius 2 is 1.59 bits per heavy atom. The molecule has 5 nitrogen and oxygen atoms in total. The summed E-state index contributed by atoms with van der Waals surface area (Å²) in [7, 11) is 0. The second kappa shape index (κ2) is 8.57. The van der Waals surface area contributed by atoms with Crippen LogP contribution in [0.5, 0.6) is 0 Å². The molecule has 144 valence electrons. The van der Waals surface area contributed by atoms with Gasteiger partial charge in [0.05, 0.1) is 17.4 Å². The number of nitrogens with one attached hydrogen (secondary N) is 1. The van der Waals surface area contributed by atoms with Gasteiger partial charge in [0.1, 0.15) is 5.82 Å². The third-order valence-corrected chi connectivity index (χ3v) is 5.32. The molecular weight excluding hydrogens is 477 g/mol. The fourth-order valence-electron chi connectivity index (χ4n) is 3.17. The van der Waals surface area contributed by atoms with Gasteiger partial charge >= 0.3 is 0 Å². The standard InChI is InChI=1S/C23H18IN3O2/c24-18-12-10-17(11-13-18)23(29)27(14-16-6-2-1-3-7-16)15-21-25-20-9-5-4-8-19(20)22(28)26-21/h1-13H,14-15H2,(H,25,26,28). The molecule has 29 heavy (non-hydrogen) atoms. The molecule has 3 aromatic carbocycles. The molecule has 0 unspecified atom stereocenters. The van der Waals surface area contributed by atoms with Crippen molar-refractivity contribution in [3.63, 3.8) is 0 Å². The van der Waals surface area contributed by atoms with Gasteiger partial charge in [-0.15, -0.1) is 0 Å². The van der Waals surface area contributed by atoms with Crippen LogP contribution in [0.4, 0.5) is 0 Å². The monoisotopic (exact) mass is 495 g/mol. The van der Waals surface area contributed by atoms with Gasteiger partial charge in [-0.3, -0.25) is 9.59 Å². The van der Waals surface area contributed by atoms with Gasteiger partial charge in [-0.25, -0.2) is 4.98 Å². The molecule has 1 aromatic heterocycles. The minimum absolute atomic E-state index is 0.110. The van der Waals surface area contributed by atoms with Gasteiger partial charge < -0.3 is 9.88 Å². The Hall–Kier alpha value is -3.00. The number of para-hydroxylation sites is 1. The fraction of sp³-hybridized carbons (Fsp3) is 0.0870. The van der Waals surface area contributed by atoms with Gasteiger partial charge in [0.25, 0.3) is 11.5 Å². The number of amides is 1. The average molecular weight is 495 g/mol. The lowest BCUT2D eigenvalue weighted by atomic mass is 10.1. The third-order valence-electron chi connectivity index (χ3n) is 4.60. The van der Waals surface area contributed by atoms with Crippen LogP contribution in [0.25, 0.3) is 10.9 Å². The summed E-state index contributed by atoms with van der Waals surface area (Å²) in [5, 5.41) is 0.537. The molecule has 0 radical (unpaired) electrons. The lowest BCUT2D eigenvalue weighted by molar-refractivity contribution is 0.0725. The summed E-state index contributed by atoms with van der Waals surface area (Å²) in [6.45, 7) is 0.627. The predicted octanol–water partition coefficient (Wildman–Crippen LogP) is 4.37. The highest BCUT2D eigenvalue weighted by Gasteiger charge is 2.18. The zero-order valence-corrected chi connectivity index (χ0v) is 17.7. The van der Waals surface area contributed by atoms with Gasteiger partial charge in [0.2, 0.25) is 0 Å². The molecule has 0 spiro atoms. The molecule has 0 atom stereocenters. The van der Waals surface area contributed by atoms with E-state index in [1.54, 1.807) is 23.1 Å². The van der Waals surface area contributed by atoms with Crippen LogP contribution in [-0.2, 0) is 13.1 Å². The van der Waals surface area contributed by atoms with E-state index in [1.807, 2.05) is 60.7 Å². The molecule has 1 amide bonds. The Labute approximate surface area is 181 Å². The van der Waals surface area contributed by atoms with Crippen LogP contribution in [-0.4, -0.2) is 20.8 Å². The molecule has 4 rings (SSSR count). The number of fused-ring (bicyclic) bond motifs is 1. The SMILES string of the molecule is O=C(c1ccc(I)cc1)N(Cc1ccccc1)Cc1nc2ccccc2c(=O)[nH]1. The topological polar surface area (TPSA) is 66.1 Å². The number of H-pyrrole nitrogens is 1. The summed E-state index contributed by atoms with van der Waals surface area (Å²) in [6, 6.07) is 24.4. The number of hydrogen-bond acceptors (Lipinski definition) is 3. The molecule has 6 heteroatoms. The average Bonchev–Trinajstić information content (AvgIpc) is 2.74. The number of carbonyl (C=O) groups excluding carboxylic acids is 1. The van der Waals surface area contributed by atoms with Crippen molar-refractivity contribution in [2.45, 2.75) is 13.1 Å². The number of halogens is 1. The fourth-order valence-corrected chi connectivity index (χ4v) is 3.53. The van der Waals surface area contributed by atoms with E-state index in [4.69, 9.17) is 0 Å². The largest absolute Gasteiger partial charge is 0.327 e. The molecule has 0 saturated heterocycles. The maximum absolute atomic E-state index is 13.2. The van der Waals surface area contributed by atoms with Crippen LogP contribution in [0.2, 0.25) is 0 Å². The molecule has 4 aromatic rings. The van der Waals surface area contributed by atoms with Crippen molar-refractivity contribution in [1.82, 2.24) is 14.9 Å². The van der Waals surface area contributed by atoms with Crippen LogP contribution in [0.1, 0.15) is 21.7 Å². The Kier molecular flexibility index (Phi) is 5.71. The molecule has 1 heterocycles. The van der Waals surface area contributed by atoms with Gasteiger partial charge in [-0.05, 0) is 64.6 Å². The predicted molar refractivity (Wildman–Crippen MR) is 122 cm³/mol. The number of aromatic nitrogens is 2. The Morgan fingerprint density at radius 3 is 2.34 bits per heavy atom. The summed E-state index contributed by atoms with van der Waals surface area (Å²) in [5.41, 5.74) is 2.03. The highest BCUT2D eigenvalue weighted by Crippen LogP contribution is 2.15. The number of aromatic amines is 1.